The first kappa shape index (κ1) is 18.0. The SMILES string of the molecule is CSc1nnc(Cl)c(-c2c(F)cc(F)cc2F)c1-c1ccc(Cl)cc1. The van der Waals surface area contributed by atoms with Gasteiger partial charge in [0.1, 0.15) is 22.5 Å². The minimum atomic E-state index is -1.07. The number of halogens is 5. The molecule has 25 heavy (non-hydrogen) atoms. The molecule has 0 N–H and O–H groups in total. The second kappa shape index (κ2) is 7.23. The van der Waals surface area contributed by atoms with Crippen molar-refractivity contribution in [1.29, 1.82) is 0 Å². The molecule has 0 saturated heterocycles. The summed E-state index contributed by atoms with van der Waals surface area (Å²) in [6.45, 7) is 0. The van der Waals surface area contributed by atoms with Gasteiger partial charge in [0.2, 0.25) is 0 Å². The fraction of sp³-hybridized carbons (Fsp3) is 0.0588. The lowest BCUT2D eigenvalue weighted by Gasteiger charge is -2.15. The number of aromatic nitrogens is 2. The highest BCUT2D eigenvalue weighted by Gasteiger charge is 2.24. The Kier molecular flexibility index (Phi) is 5.22. The highest BCUT2D eigenvalue weighted by Crippen LogP contribution is 2.43. The lowest BCUT2D eigenvalue weighted by Crippen LogP contribution is -2.01. The van der Waals surface area contributed by atoms with Crippen molar-refractivity contribution in [3.05, 3.63) is 64.0 Å². The summed E-state index contributed by atoms with van der Waals surface area (Å²) in [5.41, 5.74) is 0.553. The van der Waals surface area contributed by atoms with E-state index >= 15 is 0 Å². The maximum atomic E-state index is 14.4. The van der Waals surface area contributed by atoms with Gasteiger partial charge in [-0.3, -0.25) is 0 Å². The lowest BCUT2D eigenvalue weighted by molar-refractivity contribution is 0.548. The normalized spacial score (nSPS) is 11.0. The van der Waals surface area contributed by atoms with Gasteiger partial charge in [0.05, 0.1) is 5.56 Å². The van der Waals surface area contributed by atoms with Gasteiger partial charge in [-0.05, 0) is 24.0 Å². The third-order valence-corrected chi connectivity index (χ3v) is 4.67. The summed E-state index contributed by atoms with van der Waals surface area (Å²) in [6, 6.07) is 7.82. The Morgan fingerprint density at radius 1 is 0.840 bits per heavy atom. The topological polar surface area (TPSA) is 25.8 Å². The molecule has 0 unspecified atom stereocenters. The Bertz CT molecular complexity index is 926. The molecule has 0 aliphatic rings. The molecular formula is C17H9Cl2F3N2S. The van der Waals surface area contributed by atoms with E-state index in [9.17, 15) is 13.2 Å². The average Bonchev–Trinajstić information content (AvgIpc) is 2.56. The molecule has 0 fully saturated rings. The van der Waals surface area contributed by atoms with Crippen LogP contribution in [0.25, 0.3) is 22.3 Å². The van der Waals surface area contributed by atoms with E-state index in [0.29, 0.717) is 33.3 Å². The van der Waals surface area contributed by atoms with E-state index in [1.165, 1.54) is 11.8 Å². The van der Waals surface area contributed by atoms with E-state index in [1.54, 1.807) is 30.5 Å². The van der Waals surface area contributed by atoms with Crippen LogP contribution in [0, 0.1) is 17.5 Å². The van der Waals surface area contributed by atoms with E-state index in [2.05, 4.69) is 10.2 Å². The summed E-state index contributed by atoms with van der Waals surface area (Å²) in [6.07, 6.45) is 1.75. The number of benzene rings is 2. The summed E-state index contributed by atoms with van der Waals surface area (Å²) < 4.78 is 42.0. The molecule has 2 nitrogen and oxygen atoms in total. The van der Waals surface area contributed by atoms with Crippen molar-refractivity contribution in [1.82, 2.24) is 10.2 Å². The zero-order valence-electron chi connectivity index (χ0n) is 12.7. The minimum absolute atomic E-state index is 0.0124. The van der Waals surface area contributed by atoms with Crippen molar-refractivity contribution in [2.24, 2.45) is 0 Å². The Hall–Kier alpha value is -1.76. The largest absolute Gasteiger partial charge is 0.207 e. The summed E-state index contributed by atoms with van der Waals surface area (Å²) in [4.78, 5) is 0. The molecule has 0 spiro atoms. The molecule has 0 aliphatic carbocycles. The van der Waals surface area contributed by atoms with E-state index < -0.39 is 23.0 Å². The van der Waals surface area contributed by atoms with Crippen LogP contribution < -0.4 is 0 Å². The molecule has 0 radical (unpaired) electrons. The molecular weight excluding hydrogens is 392 g/mol. The highest BCUT2D eigenvalue weighted by atomic mass is 35.5. The van der Waals surface area contributed by atoms with Gasteiger partial charge in [0.15, 0.2) is 5.15 Å². The average molecular weight is 401 g/mol. The predicted octanol–water partition coefficient (Wildman–Crippen LogP) is 6.26. The van der Waals surface area contributed by atoms with E-state index in [-0.39, 0.29) is 10.7 Å². The molecule has 128 valence electrons. The number of thioether (sulfide) groups is 1. The maximum Gasteiger partial charge on any atom is 0.160 e. The zero-order valence-corrected chi connectivity index (χ0v) is 15.0. The summed E-state index contributed by atoms with van der Waals surface area (Å²) >= 11 is 13.3. The van der Waals surface area contributed by atoms with Gasteiger partial charge < -0.3 is 0 Å². The number of rotatable bonds is 3. The van der Waals surface area contributed by atoms with E-state index in [4.69, 9.17) is 23.2 Å². The first-order valence-electron chi connectivity index (χ1n) is 6.93. The smallest absolute Gasteiger partial charge is 0.160 e. The van der Waals surface area contributed by atoms with Crippen molar-refractivity contribution >= 4 is 35.0 Å². The minimum Gasteiger partial charge on any atom is -0.207 e. The van der Waals surface area contributed by atoms with Gasteiger partial charge in [-0.2, -0.15) is 0 Å². The van der Waals surface area contributed by atoms with Crippen molar-refractivity contribution in [3.63, 3.8) is 0 Å². The van der Waals surface area contributed by atoms with Gasteiger partial charge in [0, 0.05) is 28.3 Å². The summed E-state index contributed by atoms with van der Waals surface area (Å²) in [5.74, 6) is -3.17. The monoisotopic (exact) mass is 400 g/mol. The molecule has 2 aromatic carbocycles. The molecule has 1 aromatic heterocycles. The van der Waals surface area contributed by atoms with Gasteiger partial charge in [-0.15, -0.1) is 22.0 Å². The third kappa shape index (κ3) is 3.47. The number of hydrogen-bond donors (Lipinski definition) is 0. The Morgan fingerprint density at radius 2 is 1.44 bits per heavy atom. The predicted molar refractivity (Wildman–Crippen MR) is 94.6 cm³/mol. The van der Waals surface area contributed by atoms with Crippen molar-refractivity contribution < 1.29 is 13.2 Å². The van der Waals surface area contributed by atoms with Crippen molar-refractivity contribution in [3.8, 4) is 22.3 Å². The van der Waals surface area contributed by atoms with Gasteiger partial charge in [0.25, 0.3) is 0 Å². The van der Waals surface area contributed by atoms with Crippen LogP contribution in [-0.2, 0) is 0 Å². The van der Waals surface area contributed by atoms with Gasteiger partial charge in [-0.1, -0.05) is 35.3 Å². The van der Waals surface area contributed by atoms with Crippen LogP contribution in [0.2, 0.25) is 10.2 Å². The number of nitrogens with zero attached hydrogens (tertiary/aromatic N) is 2. The highest BCUT2D eigenvalue weighted by molar-refractivity contribution is 7.98. The zero-order chi connectivity index (χ0) is 18.1. The Morgan fingerprint density at radius 3 is 2.00 bits per heavy atom. The van der Waals surface area contributed by atoms with Crippen LogP contribution in [0.3, 0.4) is 0 Å². The summed E-state index contributed by atoms with van der Waals surface area (Å²) in [5, 5.41) is 8.50. The molecule has 1 heterocycles. The van der Waals surface area contributed by atoms with Gasteiger partial charge >= 0.3 is 0 Å². The van der Waals surface area contributed by atoms with Gasteiger partial charge in [-0.25, -0.2) is 13.2 Å². The fourth-order valence-electron chi connectivity index (χ4n) is 2.44. The molecule has 0 amide bonds. The summed E-state index contributed by atoms with van der Waals surface area (Å²) in [7, 11) is 0. The Balaban J connectivity index is 2.39. The van der Waals surface area contributed by atoms with Crippen LogP contribution in [-0.4, -0.2) is 16.5 Å². The molecule has 0 atom stereocenters. The first-order chi connectivity index (χ1) is 11.9. The van der Waals surface area contributed by atoms with Crippen LogP contribution in [0.4, 0.5) is 13.2 Å². The van der Waals surface area contributed by atoms with Crippen LogP contribution >= 0.6 is 35.0 Å². The number of hydrogen-bond acceptors (Lipinski definition) is 3. The quantitative estimate of drug-likeness (QED) is 0.485. The molecule has 0 saturated carbocycles. The third-order valence-electron chi connectivity index (χ3n) is 3.48. The van der Waals surface area contributed by atoms with Crippen LogP contribution in [0.5, 0.6) is 0 Å². The molecule has 0 bridgehead atoms. The lowest BCUT2D eigenvalue weighted by atomic mass is 9.96. The maximum absolute atomic E-state index is 14.4. The van der Waals surface area contributed by atoms with Crippen LogP contribution in [0.15, 0.2) is 41.4 Å². The van der Waals surface area contributed by atoms with Crippen molar-refractivity contribution in [2.75, 3.05) is 6.26 Å². The Labute approximate surface area is 156 Å². The molecule has 3 rings (SSSR count). The fourth-order valence-corrected chi connectivity index (χ4v) is 3.34. The standard InChI is InChI=1S/C17H9Cl2F3N2S/c1-25-17-13(8-2-4-9(18)5-3-8)15(16(19)23-24-17)14-11(21)6-10(20)7-12(14)22/h2-7H,1H3. The molecule has 0 aliphatic heterocycles. The van der Waals surface area contributed by atoms with Crippen LogP contribution in [0.1, 0.15) is 0 Å². The second-order valence-electron chi connectivity index (χ2n) is 5.00. The molecule has 3 aromatic rings. The molecule has 8 heteroatoms. The van der Waals surface area contributed by atoms with E-state index in [1.807, 2.05) is 0 Å². The van der Waals surface area contributed by atoms with E-state index in [0.717, 1.165) is 0 Å². The first-order valence-corrected chi connectivity index (χ1v) is 8.91. The van der Waals surface area contributed by atoms with Crippen molar-refractivity contribution in [2.45, 2.75) is 5.03 Å². The second-order valence-corrected chi connectivity index (χ2v) is 6.59.